The Bertz CT molecular complexity index is 363. The van der Waals surface area contributed by atoms with Crippen LogP contribution in [0, 0.1) is 5.92 Å². The fraction of sp³-hybridized carbons (Fsp3) is 0.667. The Hall–Kier alpha value is -1.40. The van der Waals surface area contributed by atoms with Crippen molar-refractivity contribution in [1.82, 2.24) is 14.9 Å². The van der Waals surface area contributed by atoms with E-state index in [1.165, 1.54) is 0 Å². The van der Waals surface area contributed by atoms with Gasteiger partial charge in [0.2, 0.25) is 5.91 Å². The summed E-state index contributed by atoms with van der Waals surface area (Å²) in [5, 5.41) is 3.36. The molecule has 1 heterocycles. The van der Waals surface area contributed by atoms with Crippen molar-refractivity contribution < 1.29 is 9.53 Å². The second kappa shape index (κ2) is 7.84. The minimum Gasteiger partial charge on any atom is -0.370 e. The minimum atomic E-state index is -0.445. The van der Waals surface area contributed by atoms with E-state index in [0.717, 1.165) is 18.8 Å². The molecule has 3 N–H and O–H groups in total. The van der Waals surface area contributed by atoms with Crippen LogP contribution in [0.25, 0.3) is 0 Å². The third-order valence-electron chi connectivity index (χ3n) is 2.38. The maximum absolute atomic E-state index is 10.5. The summed E-state index contributed by atoms with van der Waals surface area (Å²) in [5.41, 5.74) is 6.09. The normalized spacial score (nSPS) is 11.1. The molecule has 6 nitrogen and oxygen atoms in total. The van der Waals surface area contributed by atoms with Crippen LogP contribution >= 0.6 is 0 Å². The number of aromatic nitrogens is 2. The molecule has 0 radical (unpaired) electrons. The van der Waals surface area contributed by atoms with Gasteiger partial charge in [0.25, 0.3) is 0 Å². The van der Waals surface area contributed by atoms with Crippen LogP contribution < -0.4 is 11.1 Å². The van der Waals surface area contributed by atoms with Gasteiger partial charge in [-0.2, -0.15) is 0 Å². The van der Waals surface area contributed by atoms with E-state index in [4.69, 9.17) is 10.5 Å². The number of hydrogen-bond acceptors (Lipinski definition) is 4. The lowest BCUT2D eigenvalue weighted by atomic mass is 10.2. The predicted molar refractivity (Wildman–Crippen MR) is 68.8 cm³/mol. The molecule has 1 aromatic heterocycles. The van der Waals surface area contributed by atoms with Gasteiger partial charge in [-0.1, -0.05) is 13.8 Å². The molecule has 1 amide bonds. The van der Waals surface area contributed by atoms with E-state index in [9.17, 15) is 4.79 Å². The van der Waals surface area contributed by atoms with Gasteiger partial charge < -0.3 is 20.4 Å². The molecular weight excluding hydrogens is 232 g/mol. The average molecular weight is 254 g/mol. The van der Waals surface area contributed by atoms with Crippen molar-refractivity contribution in [2.75, 3.05) is 19.8 Å². The Morgan fingerprint density at radius 3 is 3.06 bits per heavy atom. The lowest BCUT2D eigenvalue weighted by Gasteiger charge is -2.10. The number of rotatable bonds is 9. The topological polar surface area (TPSA) is 82.2 Å². The van der Waals surface area contributed by atoms with Crippen molar-refractivity contribution in [1.29, 1.82) is 0 Å². The standard InChI is InChI=1S/C12H22N4O2/c1-10(2)5-14-6-11-7-15-9-16(11)3-4-18-8-12(13)17/h7,9-10,14H,3-6,8H2,1-2H3,(H2,13,17). The molecule has 1 aromatic rings. The first-order valence-corrected chi connectivity index (χ1v) is 6.15. The van der Waals surface area contributed by atoms with Gasteiger partial charge in [0.1, 0.15) is 6.61 Å². The number of nitrogens with zero attached hydrogens (tertiary/aromatic N) is 2. The number of carbonyl (C=O) groups is 1. The first-order valence-electron chi connectivity index (χ1n) is 6.15. The SMILES string of the molecule is CC(C)CNCc1cncn1CCOCC(N)=O. The van der Waals surface area contributed by atoms with Crippen LogP contribution in [0.3, 0.4) is 0 Å². The molecule has 0 atom stereocenters. The monoisotopic (exact) mass is 254 g/mol. The lowest BCUT2D eigenvalue weighted by molar-refractivity contribution is -0.122. The first kappa shape index (κ1) is 14.7. The van der Waals surface area contributed by atoms with Gasteiger partial charge in [0, 0.05) is 19.3 Å². The lowest BCUT2D eigenvalue weighted by Crippen LogP contribution is -2.22. The van der Waals surface area contributed by atoms with Crippen molar-refractivity contribution in [2.45, 2.75) is 26.9 Å². The number of primary amides is 1. The number of carbonyl (C=O) groups excluding carboxylic acids is 1. The summed E-state index contributed by atoms with van der Waals surface area (Å²) in [6.45, 7) is 7.19. The van der Waals surface area contributed by atoms with Crippen LogP contribution in [-0.4, -0.2) is 35.2 Å². The molecule has 0 saturated heterocycles. The van der Waals surface area contributed by atoms with E-state index in [1.54, 1.807) is 6.33 Å². The first-order chi connectivity index (χ1) is 8.59. The van der Waals surface area contributed by atoms with Crippen LogP contribution in [0.5, 0.6) is 0 Å². The van der Waals surface area contributed by atoms with Gasteiger partial charge in [-0.05, 0) is 12.5 Å². The highest BCUT2D eigenvalue weighted by molar-refractivity contribution is 5.74. The van der Waals surface area contributed by atoms with Crippen LogP contribution in [0.4, 0.5) is 0 Å². The Morgan fingerprint density at radius 1 is 1.61 bits per heavy atom. The van der Waals surface area contributed by atoms with Gasteiger partial charge >= 0.3 is 0 Å². The van der Waals surface area contributed by atoms with Gasteiger partial charge in [0.15, 0.2) is 0 Å². The molecular formula is C12H22N4O2. The van der Waals surface area contributed by atoms with Crippen LogP contribution in [0.15, 0.2) is 12.5 Å². The minimum absolute atomic E-state index is 0.0321. The summed E-state index contributed by atoms with van der Waals surface area (Å²) >= 11 is 0. The van der Waals surface area contributed by atoms with E-state index in [1.807, 2.05) is 10.8 Å². The Kier molecular flexibility index (Phi) is 6.38. The molecule has 0 aromatic carbocycles. The molecule has 0 aliphatic carbocycles. The van der Waals surface area contributed by atoms with Crippen LogP contribution in [-0.2, 0) is 22.6 Å². The highest BCUT2D eigenvalue weighted by Gasteiger charge is 2.02. The van der Waals surface area contributed by atoms with Crippen LogP contribution in [0.1, 0.15) is 19.5 Å². The second-order valence-electron chi connectivity index (χ2n) is 4.62. The second-order valence-corrected chi connectivity index (χ2v) is 4.62. The summed E-state index contributed by atoms with van der Waals surface area (Å²) in [5.74, 6) is 0.180. The zero-order chi connectivity index (χ0) is 13.4. The van der Waals surface area contributed by atoms with Gasteiger partial charge in [-0.25, -0.2) is 4.98 Å². The Morgan fingerprint density at radius 2 is 2.39 bits per heavy atom. The Balaban J connectivity index is 2.28. The van der Waals surface area contributed by atoms with E-state index < -0.39 is 5.91 Å². The molecule has 0 aliphatic rings. The molecule has 102 valence electrons. The number of hydrogen-bond donors (Lipinski definition) is 2. The summed E-state index contributed by atoms with van der Waals surface area (Å²) in [4.78, 5) is 14.6. The third-order valence-corrected chi connectivity index (χ3v) is 2.38. The zero-order valence-corrected chi connectivity index (χ0v) is 11.1. The zero-order valence-electron chi connectivity index (χ0n) is 11.1. The van der Waals surface area contributed by atoms with Crippen LogP contribution in [0.2, 0.25) is 0 Å². The molecule has 0 bridgehead atoms. The maximum atomic E-state index is 10.5. The van der Waals surface area contributed by atoms with Crippen molar-refractivity contribution >= 4 is 5.91 Å². The number of imidazole rings is 1. The number of nitrogens with two attached hydrogens (primary N) is 1. The number of nitrogens with one attached hydrogen (secondary N) is 1. The molecule has 0 spiro atoms. The van der Waals surface area contributed by atoms with E-state index in [2.05, 4.69) is 24.1 Å². The molecule has 0 saturated carbocycles. The maximum Gasteiger partial charge on any atom is 0.243 e. The molecule has 0 aliphatic heterocycles. The molecule has 0 fully saturated rings. The Labute approximate surface area is 108 Å². The average Bonchev–Trinajstić information content (AvgIpc) is 2.71. The van der Waals surface area contributed by atoms with Crippen molar-refractivity contribution in [3.8, 4) is 0 Å². The number of ether oxygens (including phenoxy) is 1. The van der Waals surface area contributed by atoms with Gasteiger partial charge in [-0.3, -0.25) is 4.79 Å². The summed E-state index contributed by atoms with van der Waals surface area (Å²) < 4.78 is 7.13. The summed E-state index contributed by atoms with van der Waals surface area (Å²) in [6, 6.07) is 0. The highest BCUT2D eigenvalue weighted by Crippen LogP contribution is 1.99. The summed E-state index contributed by atoms with van der Waals surface area (Å²) in [6.07, 6.45) is 3.60. The molecule has 18 heavy (non-hydrogen) atoms. The summed E-state index contributed by atoms with van der Waals surface area (Å²) in [7, 11) is 0. The van der Waals surface area contributed by atoms with E-state index in [-0.39, 0.29) is 6.61 Å². The third kappa shape index (κ3) is 5.79. The van der Waals surface area contributed by atoms with Crippen molar-refractivity contribution in [3.05, 3.63) is 18.2 Å². The van der Waals surface area contributed by atoms with Gasteiger partial charge in [0.05, 0.1) is 18.6 Å². The fourth-order valence-corrected chi connectivity index (χ4v) is 1.52. The molecule has 6 heteroatoms. The van der Waals surface area contributed by atoms with Crippen molar-refractivity contribution in [2.24, 2.45) is 11.7 Å². The molecule has 1 rings (SSSR count). The molecule has 0 unspecified atom stereocenters. The predicted octanol–water partition coefficient (Wildman–Crippen LogP) is 0.131. The van der Waals surface area contributed by atoms with Crippen molar-refractivity contribution in [3.63, 3.8) is 0 Å². The quantitative estimate of drug-likeness (QED) is 0.614. The fourth-order valence-electron chi connectivity index (χ4n) is 1.52. The van der Waals surface area contributed by atoms with E-state index >= 15 is 0 Å². The smallest absolute Gasteiger partial charge is 0.243 e. The van der Waals surface area contributed by atoms with Gasteiger partial charge in [-0.15, -0.1) is 0 Å². The van der Waals surface area contributed by atoms with E-state index in [0.29, 0.717) is 19.1 Å². The number of amides is 1. The highest BCUT2D eigenvalue weighted by atomic mass is 16.5. The largest absolute Gasteiger partial charge is 0.370 e.